The van der Waals surface area contributed by atoms with Gasteiger partial charge in [0.05, 0.1) is 22.4 Å². The minimum atomic E-state index is -0.513. The Kier molecular flexibility index (Phi) is 7.65. The molecule has 0 aliphatic carbocycles. The predicted octanol–water partition coefficient (Wildman–Crippen LogP) is 3.78. The fraction of sp³-hybridized carbons (Fsp3) is 0.346. The molecule has 2 amide bonds. The van der Waals surface area contributed by atoms with Crippen LogP contribution in [0.5, 0.6) is 0 Å². The Bertz CT molecular complexity index is 1260. The highest BCUT2D eigenvalue weighted by molar-refractivity contribution is 8.01. The molecule has 184 valence electrons. The number of anilines is 3. The summed E-state index contributed by atoms with van der Waals surface area (Å²) in [4.78, 5) is 40.6. The van der Waals surface area contributed by atoms with E-state index in [1.807, 2.05) is 48.5 Å². The Morgan fingerprint density at radius 1 is 1.00 bits per heavy atom. The monoisotopic (exact) mass is 493 g/mol. The van der Waals surface area contributed by atoms with Crippen LogP contribution in [-0.4, -0.2) is 45.3 Å². The Balaban J connectivity index is 1.34. The SMILES string of the molecule is Cc1c(NC(=O)C(C)SCC(=O)Nc2cccc(N3CCCC3)c2)c(=O)n(-c2ccccc2)n1C. The van der Waals surface area contributed by atoms with Crippen molar-refractivity contribution in [3.8, 4) is 5.69 Å². The fourth-order valence-corrected chi connectivity index (χ4v) is 4.85. The normalized spacial score (nSPS) is 14.1. The molecule has 1 aliphatic rings. The van der Waals surface area contributed by atoms with Gasteiger partial charge < -0.3 is 15.5 Å². The van der Waals surface area contributed by atoms with Crippen LogP contribution in [0.2, 0.25) is 0 Å². The number of nitrogens with one attached hydrogen (secondary N) is 2. The van der Waals surface area contributed by atoms with E-state index in [-0.39, 0.29) is 28.8 Å². The van der Waals surface area contributed by atoms with Gasteiger partial charge in [-0.1, -0.05) is 24.3 Å². The summed E-state index contributed by atoms with van der Waals surface area (Å²) in [6.07, 6.45) is 2.38. The first-order valence-electron chi connectivity index (χ1n) is 11.8. The average molecular weight is 494 g/mol. The van der Waals surface area contributed by atoms with E-state index < -0.39 is 5.25 Å². The minimum absolute atomic E-state index is 0.130. The standard InChI is InChI=1S/C26H31N5O3S/c1-18-24(26(34)31(29(18)3)21-11-5-4-6-12-21)28-25(33)19(2)35-17-23(32)27-20-10-9-13-22(16-20)30-14-7-8-15-30/h4-6,9-13,16,19H,7-8,14-15,17H2,1-3H3,(H,27,32)(H,28,33). The molecule has 0 saturated carbocycles. The van der Waals surface area contributed by atoms with Gasteiger partial charge in [0.15, 0.2) is 0 Å². The largest absolute Gasteiger partial charge is 0.371 e. The van der Waals surface area contributed by atoms with Crippen molar-refractivity contribution in [1.29, 1.82) is 0 Å². The van der Waals surface area contributed by atoms with Crippen LogP contribution < -0.4 is 21.1 Å². The van der Waals surface area contributed by atoms with Crippen LogP contribution in [-0.2, 0) is 16.6 Å². The van der Waals surface area contributed by atoms with Gasteiger partial charge in [-0.3, -0.25) is 19.1 Å². The van der Waals surface area contributed by atoms with Crippen molar-refractivity contribution in [2.24, 2.45) is 7.05 Å². The van der Waals surface area contributed by atoms with Crippen molar-refractivity contribution in [2.75, 3.05) is 34.4 Å². The van der Waals surface area contributed by atoms with E-state index in [2.05, 4.69) is 21.6 Å². The highest BCUT2D eigenvalue weighted by Crippen LogP contribution is 2.24. The summed E-state index contributed by atoms with van der Waals surface area (Å²) < 4.78 is 3.24. The van der Waals surface area contributed by atoms with E-state index in [1.165, 1.54) is 29.3 Å². The quantitative estimate of drug-likeness (QED) is 0.499. The highest BCUT2D eigenvalue weighted by Gasteiger charge is 2.22. The number of para-hydroxylation sites is 1. The van der Waals surface area contributed by atoms with Crippen LogP contribution >= 0.6 is 11.8 Å². The van der Waals surface area contributed by atoms with Gasteiger partial charge in [-0.15, -0.1) is 11.8 Å². The molecule has 1 aromatic heterocycles. The number of benzene rings is 2. The van der Waals surface area contributed by atoms with E-state index >= 15 is 0 Å². The van der Waals surface area contributed by atoms with Crippen molar-refractivity contribution >= 4 is 40.6 Å². The molecule has 1 saturated heterocycles. The van der Waals surface area contributed by atoms with Crippen LogP contribution in [0.4, 0.5) is 17.1 Å². The zero-order valence-electron chi connectivity index (χ0n) is 20.3. The van der Waals surface area contributed by atoms with Crippen LogP contribution in [0, 0.1) is 6.92 Å². The van der Waals surface area contributed by atoms with E-state index in [1.54, 1.807) is 25.6 Å². The average Bonchev–Trinajstić information content (AvgIpc) is 3.47. The number of carbonyl (C=O) groups excluding carboxylic acids is 2. The van der Waals surface area contributed by atoms with Crippen molar-refractivity contribution < 1.29 is 9.59 Å². The lowest BCUT2D eigenvalue weighted by atomic mass is 10.2. The second-order valence-corrected chi connectivity index (χ2v) is 10.0. The van der Waals surface area contributed by atoms with Gasteiger partial charge in [0.2, 0.25) is 11.8 Å². The van der Waals surface area contributed by atoms with E-state index in [9.17, 15) is 14.4 Å². The number of aromatic nitrogens is 2. The summed E-state index contributed by atoms with van der Waals surface area (Å²) in [5.41, 5.74) is 3.18. The first-order valence-corrected chi connectivity index (χ1v) is 12.8. The summed E-state index contributed by atoms with van der Waals surface area (Å²) in [7, 11) is 1.78. The van der Waals surface area contributed by atoms with Crippen molar-refractivity contribution in [2.45, 2.75) is 31.9 Å². The number of hydrogen-bond acceptors (Lipinski definition) is 5. The summed E-state index contributed by atoms with van der Waals surface area (Å²) in [6, 6.07) is 17.1. The molecule has 0 radical (unpaired) electrons. The first-order chi connectivity index (χ1) is 16.8. The lowest BCUT2D eigenvalue weighted by Gasteiger charge is -2.18. The van der Waals surface area contributed by atoms with Crippen molar-refractivity contribution in [1.82, 2.24) is 9.36 Å². The van der Waals surface area contributed by atoms with Gasteiger partial charge in [0, 0.05) is 31.5 Å². The second-order valence-electron chi connectivity index (χ2n) is 8.67. The van der Waals surface area contributed by atoms with Crippen LogP contribution in [0.25, 0.3) is 5.69 Å². The summed E-state index contributed by atoms with van der Waals surface area (Å²) in [6.45, 7) is 5.60. The van der Waals surface area contributed by atoms with Crippen LogP contribution in [0.1, 0.15) is 25.5 Å². The smallest absolute Gasteiger partial charge is 0.295 e. The first kappa shape index (κ1) is 24.7. The summed E-state index contributed by atoms with van der Waals surface area (Å²) in [5, 5.41) is 5.18. The molecular weight excluding hydrogens is 462 g/mol. The predicted molar refractivity (Wildman–Crippen MR) is 143 cm³/mol. The van der Waals surface area contributed by atoms with Crippen LogP contribution in [0.3, 0.4) is 0 Å². The molecular formula is C26H31N5O3S. The van der Waals surface area contributed by atoms with Gasteiger partial charge >= 0.3 is 0 Å². The number of hydrogen-bond donors (Lipinski definition) is 2. The van der Waals surface area contributed by atoms with Crippen molar-refractivity contribution in [3.05, 3.63) is 70.6 Å². The van der Waals surface area contributed by atoms with E-state index in [0.717, 1.165) is 30.2 Å². The number of carbonyl (C=O) groups is 2. The second kappa shape index (κ2) is 10.9. The van der Waals surface area contributed by atoms with Crippen LogP contribution in [0.15, 0.2) is 59.4 Å². The third kappa shape index (κ3) is 5.62. The van der Waals surface area contributed by atoms with Gasteiger partial charge in [-0.2, -0.15) is 0 Å². The van der Waals surface area contributed by atoms with Gasteiger partial charge in [-0.05, 0) is 57.0 Å². The molecule has 8 nitrogen and oxygen atoms in total. The molecule has 0 spiro atoms. The maximum Gasteiger partial charge on any atom is 0.295 e. The number of amides is 2. The molecule has 1 unspecified atom stereocenters. The summed E-state index contributed by atoms with van der Waals surface area (Å²) in [5.74, 6) is -0.356. The molecule has 3 aromatic rings. The molecule has 35 heavy (non-hydrogen) atoms. The fourth-order valence-electron chi connectivity index (χ4n) is 4.17. The highest BCUT2D eigenvalue weighted by atomic mass is 32.2. The molecule has 4 rings (SSSR count). The van der Waals surface area contributed by atoms with Crippen molar-refractivity contribution in [3.63, 3.8) is 0 Å². The molecule has 1 atom stereocenters. The molecule has 2 N–H and O–H groups in total. The summed E-state index contributed by atoms with van der Waals surface area (Å²) >= 11 is 1.23. The van der Waals surface area contributed by atoms with Gasteiger partial charge in [0.1, 0.15) is 5.69 Å². The van der Waals surface area contributed by atoms with E-state index in [4.69, 9.17) is 0 Å². The zero-order valence-corrected chi connectivity index (χ0v) is 21.1. The molecule has 1 aliphatic heterocycles. The minimum Gasteiger partial charge on any atom is -0.371 e. The maximum atomic E-state index is 13.0. The van der Waals surface area contributed by atoms with Gasteiger partial charge in [-0.25, -0.2) is 4.68 Å². The van der Waals surface area contributed by atoms with Gasteiger partial charge in [0.25, 0.3) is 5.56 Å². The molecule has 9 heteroatoms. The molecule has 0 bridgehead atoms. The molecule has 2 heterocycles. The van der Waals surface area contributed by atoms with E-state index in [0.29, 0.717) is 5.69 Å². The third-order valence-electron chi connectivity index (χ3n) is 6.24. The zero-order chi connectivity index (χ0) is 24.9. The molecule has 1 fully saturated rings. The number of rotatable bonds is 8. The Morgan fingerprint density at radius 2 is 1.69 bits per heavy atom. The maximum absolute atomic E-state index is 13.0. The number of nitrogens with zero attached hydrogens (tertiary/aromatic N) is 3. The lowest BCUT2D eigenvalue weighted by molar-refractivity contribution is -0.115. The Morgan fingerprint density at radius 3 is 2.40 bits per heavy atom. The Labute approximate surface area is 209 Å². The third-order valence-corrected chi connectivity index (χ3v) is 7.38. The molecule has 2 aromatic carbocycles. The number of thioether (sulfide) groups is 1. The Hall–Kier alpha value is -3.46. The topological polar surface area (TPSA) is 88.4 Å². The lowest BCUT2D eigenvalue weighted by Crippen LogP contribution is -2.28.